The van der Waals surface area contributed by atoms with E-state index in [0.717, 1.165) is 62.8 Å². The first-order chi connectivity index (χ1) is 29.0. The molecule has 3 aliphatic rings. The molecule has 0 bridgehead atoms. The Morgan fingerprint density at radius 2 is 1.70 bits per heavy atom. The van der Waals surface area contributed by atoms with E-state index >= 15 is 0 Å². The van der Waals surface area contributed by atoms with Gasteiger partial charge in [-0.2, -0.15) is 0 Å². The standard InChI is InChI=1S/C42H46Cl2N8O8S/c1-42(2)12-11-28(34(24-42)27-3-5-29(43)6-4-27)26-49-13-15-50(16-14-49)30-7-9-33(38(21-30)60-31-22-35(44)39(45)46-25-31)40(53)48-61(57,58)32-8-10-36(37(23-32)52(55)56)47-41(54)51-17-19-59-20-18-51/h3-10,21-23,25H,11-20,24,26H2,1-2H3,(H2,45,46)(H,47,54)(H,48,53). The second-order valence-corrected chi connectivity index (χ2v) is 18.4. The minimum Gasteiger partial charge on any atom is -0.455 e. The summed E-state index contributed by atoms with van der Waals surface area (Å²) in [5.41, 5.74) is 9.73. The van der Waals surface area contributed by atoms with Gasteiger partial charge in [0.2, 0.25) is 0 Å². The van der Waals surface area contributed by atoms with Gasteiger partial charge in [-0.25, -0.2) is 22.9 Å². The van der Waals surface area contributed by atoms with Gasteiger partial charge in [0.1, 0.15) is 23.0 Å². The molecule has 19 heteroatoms. The van der Waals surface area contributed by atoms with Crippen LogP contribution in [0.2, 0.25) is 10.0 Å². The summed E-state index contributed by atoms with van der Waals surface area (Å²) in [6.45, 7) is 9.57. The third-order valence-electron chi connectivity index (χ3n) is 11.1. The van der Waals surface area contributed by atoms with Gasteiger partial charge in [-0.3, -0.25) is 19.8 Å². The van der Waals surface area contributed by atoms with Crippen molar-refractivity contribution in [2.24, 2.45) is 5.41 Å². The number of nitrogen functional groups attached to an aromatic ring is 1. The van der Waals surface area contributed by atoms with Crippen LogP contribution in [0.15, 0.2) is 83.4 Å². The Morgan fingerprint density at radius 3 is 2.39 bits per heavy atom. The Labute approximate surface area is 363 Å². The number of nitrogens with one attached hydrogen (secondary N) is 2. The lowest BCUT2D eigenvalue weighted by Crippen LogP contribution is -2.47. The monoisotopic (exact) mass is 892 g/mol. The first-order valence-corrected chi connectivity index (χ1v) is 22.0. The number of nitrogens with zero attached hydrogens (tertiary/aromatic N) is 5. The number of hydrogen-bond donors (Lipinski definition) is 3. The van der Waals surface area contributed by atoms with Crippen LogP contribution in [-0.2, 0) is 14.8 Å². The van der Waals surface area contributed by atoms with Gasteiger partial charge in [-0.15, -0.1) is 0 Å². The number of halogens is 2. The highest BCUT2D eigenvalue weighted by Gasteiger charge is 2.31. The van der Waals surface area contributed by atoms with Crippen LogP contribution in [0.25, 0.3) is 5.57 Å². The molecule has 3 amide bonds. The zero-order valence-corrected chi connectivity index (χ0v) is 36.0. The van der Waals surface area contributed by atoms with E-state index in [4.69, 9.17) is 38.4 Å². The second-order valence-electron chi connectivity index (χ2n) is 15.9. The van der Waals surface area contributed by atoms with E-state index < -0.39 is 37.5 Å². The predicted molar refractivity (Wildman–Crippen MR) is 234 cm³/mol. The summed E-state index contributed by atoms with van der Waals surface area (Å²) in [5.74, 6) is -0.846. The Bertz CT molecular complexity index is 2470. The van der Waals surface area contributed by atoms with Crippen molar-refractivity contribution >= 4 is 73.6 Å². The number of allylic oxidation sites excluding steroid dienone is 1. The van der Waals surface area contributed by atoms with Crippen molar-refractivity contribution in [3.8, 4) is 11.5 Å². The molecule has 2 fully saturated rings. The fourth-order valence-electron chi connectivity index (χ4n) is 7.62. The van der Waals surface area contributed by atoms with Crippen molar-refractivity contribution in [3.05, 3.63) is 110 Å². The number of morpholine rings is 1. The summed E-state index contributed by atoms with van der Waals surface area (Å²) in [4.78, 5) is 47.2. The van der Waals surface area contributed by atoms with Crippen LogP contribution in [0.1, 0.15) is 49.0 Å². The third-order valence-corrected chi connectivity index (χ3v) is 12.9. The molecule has 322 valence electrons. The highest BCUT2D eigenvalue weighted by Crippen LogP contribution is 2.43. The maximum absolute atomic E-state index is 13.8. The second kappa shape index (κ2) is 18.3. The van der Waals surface area contributed by atoms with Crippen LogP contribution < -0.4 is 25.4 Å². The zero-order valence-electron chi connectivity index (χ0n) is 33.7. The van der Waals surface area contributed by atoms with Crippen molar-refractivity contribution in [1.82, 2.24) is 19.5 Å². The molecule has 0 spiro atoms. The van der Waals surface area contributed by atoms with Crippen LogP contribution in [0.4, 0.5) is 27.7 Å². The maximum atomic E-state index is 13.8. The first kappa shape index (κ1) is 43.6. The van der Waals surface area contributed by atoms with Crippen LogP contribution in [0.5, 0.6) is 11.5 Å². The number of ether oxygens (including phenoxy) is 2. The number of rotatable bonds is 11. The summed E-state index contributed by atoms with van der Waals surface area (Å²) in [7, 11) is -4.69. The van der Waals surface area contributed by atoms with Gasteiger partial charge in [0.25, 0.3) is 21.6 Å². The highest BCUT2D eigenvalue weighted by atomic mass is 35.5. The molecule has 2 saturated heterocycles. The number of anilines is 3. The number of urea groups is 1. The SMILES string of the molecule is CC1(C)CCC(CN2CCN(c3ccc(C(=O)NS(=O)(=O)c4ccc(NC(=O)N5CCOCC5)c([N+](=O)[O-])c4)c(Oc4cnc(N)c(Cl)c4)c3)CC2)=C(c2ccc(Cl)cc2)C1. The van der Waals surface area contributed by atoms with Gasteiger partial charge < -0.3 is 30.3 Å². The minimum absolute atomic E-state index is 0.00463. The number of piperazine rings is 1. The highest BCUT2D eigenvalue weighted by molar-refractivity contribution is 7.90. The van der Waals surface area contributed by atoms with E-state index in [1.807, 2.05) is 16.9 Å². The minimum atomic E-state index is -4.69. The Morgan fingerprint density at radius 1 is 0.984 bits per heavy atom. The predicted octanol–water partition coefficient (Wildman–Crippen LogP) is 7.44. The molecule has 0 radical (unpaired) electrons. The number of nitro benzene ring substituents is 1. The smallest absolute Gasteiger partial charge is 0.322 e. The molecule has 0 atom stereocenters. The summed E-state index contributed by atoms with van der Waals surface area (Å²) in [6.07, 6.45) is 4.44. The molecule has 1 aliphatic carbocycles. The normalized spacial score (nSPS) is 17.2. The van der Waals surface area contributed by atoms with Crippen molar-refractivity contribution in [2.45, 2.75) is 38.0 Å². The van der Waals surface area contributed by atoms with Gasteiger partial charge in [0.05, 0.1) is 39.8 Å². The number of aromatic nitrogens is 1. The van der Waals surface area contributed by atoms with Crippen LogP contribution in [-0.4, -0.2) is 99.1 Å². The maximum Gasteiger partial charge on any atom is 0.322 e. The topological polar surface area (TPSA) is 203 Å². The molecule has 4 N–H and O–H groups in total. The van der Waals surface area contributed by atoms with Crippen LogP contribution >= 0.6 is 23.2 Å². The molecule has 0 saturated carbocycles. The number of nitro groups is 1. The summed E-state index contributed by atoms with van der Waals surface area (Å²) < 4.78 is 40.6. The van der Waals surface area contributed by atoms with Gasteiger partial charge in [-0.1, -0.05) is 54.8 Å². The van der Waals surface area contributed by atoms with E-state index in [9.17, 15) is 28.1 Å². The van der Waals surface area contributed by atoms with E-state index in [1.165, 1.54) is 39.9 Å². The van der Waals surface area contributed by atoms with Crippen molar-refractivity contribution < 1.29 is 32.4 Å². The van der Waals surface area contributed by atoms with Gasteiger partial charge in [0.15, 0.2) is 0 Å². The number of nitrogens with two attached hydrogens (primary N) is 1. The molecule has 0 unspecified atom stereocenters. The Balaban J connectivity index is 1.09. The molecule has 16 nitrogen and oxygen atoms in total. The summed E-state index contributed by atoms with van der Waals surface area (Å²) >= 11 is 12.4. The summed E-state index contributed by atoms with van der Waals surface area (Å²) in [6, 6.07) is 16.6. The molecule has 2 aliphatic heterocycles. The van der Waals surface area contributed by atoms with E-state index in [-0.39, 0.29) is 52.1 Å². The van der Waals surface area contributed by atoms with Crippen molar-refractivity contribution in [2.75, 3.05) is 75.0 Å². The fraction of sp³-hybridized carbons (Fsp3) is 0.357. The number of carbonyl (C=O) groups is 2. The van der Waals surface area contributed by atoms with E-state index in [1.54, 1.807) is 12.1 Å². The summed E-state index contributed by atoms with van der Waals surface area (Å²) in [5, 5.41) is 15.3. The third kappa shape index (κ3) is 10.5. The van der Waals surface area contributed by atoms with Gasteiger partial charge >= 0.3 is 6.03 Å². The van der Waals surface area contributed by atoms with E-state index in [0.29, 0.717) is 31.3 Å². The lowest BCUT2D eigenvalue weighted by atomic mass is 9.72. The quantitative estimate of drug-likeness (QED) is 0.0994. The largest absolute Gasteiger partial charge is 0.455 e. The van der Waals surface area contributed by atoms with Crippen molar-refractivity contribution in [3.63, 3.8) is 0 Å². The average molecular weight is 894 g/mol. The number of benzene rings is 3. The first-order valence-electron chi connectivity index (χ1n) is 19.7. The number of hydrogen-bond acceptors (Lipinski definition) is 12. The molecular formula is C42H46Cl2N8O8S. The Kier molecular flexibility index (Phi) is 13.1. The number of amides is 3. The van der Waals surface area contributed by atoms with Crippen LogP contribution in [0.3, 0.4) is 0 Å². The molecule has 3 aromatic carbocycles. The Hall–Kier alpha value is -5.46. The fourth-order valence-corrected chi connectivity index (χ4v) is 8.89. The number of pyridine rings is 1. The average Bonchev–Trinajstić information content (AvgIpc) is 3.23. The molecule has 7 rings (SSSR count). The van der Waals surface area contributed by atoms with Crippen LogP contribution in [0, 0.1) is 15.5 Å². The molecule has 3 heterocycles. The molecule has 61 heavy (non-hydrogen) atoms. The molecule has 4 aromatic rings. The zero-order chi connectivity index (χ0) is 43.5. The number of carbonyl (C=O) groups excluding carboxylic acids is 2. The van der Waals surface area contributed by atoms with Crippen molar-refractivity contribution in [1.29, 1.82) is 0 Å². The lowest BCUT2D eigenvalue weighted by molar-refractivity contribution is -0.384. The lowest BCUT2D eigenvalue weighted by Gasteiger charge is -2.39. The van der Waals surface area contributed by atoms with Gasteiger partial charge in [0, 0.05) is 74.7 Å². The van der Waals surface area contributed by atoms with E-state index in [2.05, 4.69) is 46.1 Å². The molecular weight excluding hydrogens is 847 g/mol. The molecule has 1 aromatic heterocycles. The van der Waals surface area contributed by atoms with Gasteiger partial charge in [-0.05, 0) is 72.2 Å². The number of sulfonamides is 1.